The highest BCUT2D eigenvalue weighted by Gasteiger charge is 2.31. The Bertz CT molecular complexity index is 711. The topological polar surface area (TPSA) is 54.3 Å². The summed E-state index contributed by atoms with van der Waals surface area (Å²) in [6.07, 6.45) is 2.35. The van der Waals surface area contributed by atoms with E-state index in [0.29, 0.717) is 19.1 Å². The van der Waals surface area contributed by atoms with Crippen LogP contribution in [0.5, 0.6) is 0 Å². The van der Waals surface area contributed by atoms with E-state index in [4.69, 9.17) is 0 Å². The van der Waals surface area contributed by atoms with Crippen LogP contribution in [0.3, 0.4) is 0 Å². The first-order chi connectivity index (χ1) is 11.2. The molecule has 2 aliphatic rings. The first kappa shape index (κ1) is 14.4. The summed E-state index contributed by atoms with van der Waals surface area (Å²) in [5, 5.41) is 8.78. The third-order valence-corrected chi connectivity index (χ3v) is 4.91. The van der Waals surface area contributed by atoms with Crippen molar-refractivity contribution in [3.8, 4) is 0 Å². The molecular weight excluding hydrogens is 290 g/mol. The van der Waals surface area contributed by atoms with Gasteiger partial charge in [0.25, 0.3) is 5.91 Å². The zero-order valence-electron chi connectivity index (χ0n) is 13.4. The van der Waals surface area contributed by atoms with Gasteiger partial charge < -0.3 is 9.47 Å². The summed E-state index contributed by atoms with van der Waals surface area (Å²) in [5.74, 6) is 2.03. The predicted octanol–water partition coefficient (Wildman–Crippen LogP) is 1.70. The second-order valence-corrected chi connectivity index (χ2v) is 6.36. The van der Waals surface area contributed by atoms with Gasteiger partial charge in [0.15, 0.2) is 11.6 Å². The van der Waals surface area contributed by atoms with Crippen LogP contribution >= 0.6 is 0 Å². The second-order valence-electron chi connectivity index (χ2n) is 6.36. The van der Waals surface area contributed by atoms with Gasteiger partial charge in [-0.15, -0.1) is 10.2 Å². The number of amides is 1. The molecule has 1 saturated heterocycles. The third kappa shape index (κ3) is 2.53. The van der Waals surface area contributed by atoms with Crippen molar-refractivity contribution < 1.29 is 4.79 Å². The number of likely N-dealkylation sites (tertiary alicyclic amines) is 1. The Morgan fingerprint density at radius 2 is 1.96 bits per heavy atom. The van der Waals surface area contributed by atoms with Crippen molar-refractivity contribution in [3.05, 3.63) is 47.5 Å². The fourth-order valence-electron chi connectivity index (χ4n) is 3.60. The van der Waals surface area contributed by atoms with Crippen molar-refractivity contribution in [2.24, 2.45) is 0 Å². The van der Waals surface area contributed by atoms with E-state index < -0.39 is 0 Å². The van der Waals surface area contributed by atoms with Crippen LogP contribution in [0.4, 0.5) is 0 Å². The Hall–Kier alpha value is -2.21. The maximum atomic E-state index is 12.6. The number of carbonyl (C=O) groups is 1. The Kier molecular flexibility index (Phi) is 3.61. The normalized spacial score (nSPS) is 21.4. The fourth-order valence-corrected chi connectivity index (χ4v) is 3.60. The molecule has 1 fully saturated rings. The van der Waals surface area contributed by atoms with Gasteiger partial charge in [-0.25, -0.2) is 0 Å². The van der Waals surface area contributed by atoms with Crippen LogP contribution in [-0.2, 0) is 13.1 Å². The zero-order chi connectivity index (χ0) is 15.8. The standard InChI is InChI=1S/C17H21N5O/c1-20-9-5-8-14(20)16-19-18-15-12-21(10-11-22(15)16)17(23)13-6-3-2-4-7-13/h2-4,6-7,14H,5,8-12H2,1H3/t14-/m1/s1. The molecule has 1 aromatic carbocycles. The van der Waals surface area contributed by atoms with Crippen molar-refractivity contribution >= 4 is 5.91 Å². The molecule has 1 atom stereocenters. The number of hydrogen-bond acceptors (Lipinski definition) is 4. The summed E-state index contributed by atoms with van der Waals surface area (Å²) in [6.45, 7) is 3.14. The summed E-state index contributed by atoms with van der Waals surface area (Å²) in [5.41, 5.74) is 0.733. The highest BCUT2D eigenvalue weighted by atomic mass is 16.2. The lowest BCUT2D eigenvalue weighted by Crippen LogP contribution is -2.39. The van der Waals surface area contributed by atoms with E-state index in [-0.39, 0.29) is 5.91 Å². The van der Waals surface area contributed by atoms with Crippen molar-refractivity contribution in [1.82, 2.24) is 24.6 Å². The number of hydrogen-bond donors (Lipinski definition) is 0. The monoisotopic (exact) mass is 311 g/mol. The first-order valence-electron chi connectivity index (χ1n) is 8.20. The van der Waals surface area contributed by atoms with Gasteiger partial charge in [-0.1, -0.05) is 18.2 Å². The maximum Gasteiger partial charge on any atom is 0.254 e. The molecule has 120 valence electrons. The van der Waals surface area contributed by atoms with Crippen molar-refractivity contribution in [2.45, 2.75) is 32.0 Å². The molecule has 2 aromatic rings. The smallest absolute Gasteiger partial charge is 0.254 e. The lowest BCUT2D eigenvalue weighted by Gasteiger charge is -2.29. The van der Waals surface area contributed by atoms with Crippen LogP contribution in [0.25, 0.3) is 0 Å². The molecule has 0 bridgehead atoms. The summed E-state index contributed by atoms with van der Waals surface area (Å²) >= 11 is 0. The minimum atomic E-state index is 0.0689. The Morgan fingerprint density at radius 1 is 1.13 bits per heavy atom. The maximum absolute atomic E-state index is 12.6. The van der Waals surface area contributed by atoms with E-state index in [9.17, 15) is 4.79 Å². The van der Waals surface area contributed by atoms with Gasteiger partial charge in [-0.05, 0) is 38.6 Å². The molecule has 6 nitrogen and oxygen atoms in total. The average Bonchev–Trinajstić information content (AvgIpc) is 3.20. The highest BCUT2D eigenvalue weighted by molar-refractivity contribution is 5.94. The minimum Gasteiger partial charge on any atom is -0.329 e. The Morgan fingerprint density at radius 3 is 2.70 bits per heavy atom. The van der Waals surface area contributed by atoms with Gasteiger partial charge >= 0.3 is 0 Å². The summed E-state index contributed by atoms with van der Waals surface area (Å²) in [6, 6.07) is 9.81. The van der Waals surface area contributed by atoms with Gasteiger partial charge in [0, 0.05) is 18.7 Å². The van der Waals surface area contributed by atoms with Gasteiger partial charge in [-0.3, -0.25) is 9.69 Å². The molecule has 23 heavy (non-hydrogen) atoms. The highest BCUT2D eigenvalue weighted by Crippen LogP contribution is 2.30. The summed E-state index contributed by atoms with van der Waals surface area (Å²) in [4.78, 5) is 16.8. The van der Waals surface area contributed by atoms with E-state index in [2.05, 4.69) is 26.7 Å². The minimum absolute atomic E-state index is 0.0689. The van der Waals surface area contributed by atoms with Crippen molar-refractivity contribution in [3.63, 3.8) is 0 Å². The van der Waals surface area contributed by atoms with Gasteiger partial charge in [0.2, 0.25) is 0 Å². The van der Waals surface area contributed by atoms with E-state index >= 15 is 0 Å². The van der Waals surface area contributed by atoms with Crippen LogP contribution < -0.4 is 0 Å². The fraction of sp³-hybridized carbons (Fsp3) is 0.471. The molecule has 0 N–H and O–H groups in total. The molecule has 0 unspecified atom stereocenters. The molecule has 6 heteroatoms. The van der Waals surface area contributed by atoms with Gasteiger partial charge in [0.1, 0.15) is 0 Å². The third-order valence-electron chi connectivity index (χ3n) is 4.91. The number of rotatable bonds is 2. The van der Waals surface area contributed by atoms with E-state index in [1.54, 1.807) is 0 Å². The molecule has 0 saturated carbocycles. The van der Waals surface area contributed by atoms with E-state index in [1.165, 1.54) is 6.42 Å². The number of fused-ring (bicyclic) bond motifs is 1. The molecule has 2 aliphatic heterocycles. The van der Waals surface area contributed by atoms with Crippen molar-refractivity contribution in [2.75, 3.05) is 20.1 Å². The quantitative estimate of drug-likeness (QED) is 0.847. The van der Waals surface area contributed by atoms with Crippen LogP contribution in [0, 0.1) is 0 Å². The molecule has 4 rings (SSSR count). The van der Waals surface area contributed by atoms with Crippen LogP contribution in [-0.4, -0.2) is 50.6 Å². The van der Waals surface area contributed by atoms with Crippen molar-refractivity contribution in [1.29, 1.82) is 0 Å². The lowest BCUT2D eigenvalue weighted by atomic mass is 10.1. The molecular formula is C17H21N5O. The number of carbonyl (C=O) groups excluding carboxylic acids is 1. The van der Waals surface area contributed by atoms with E-state index in [0.717, 1.165) is 36.7 Å². The van der Waals surface area contributed by atoms with E-state index in [1.807, 2.05) is 35.2 Å². The summed E-state index contributed by atoms with van der Waals surface area (Å²) in [7, 11) is 2.15. The molecule has 3 heterocycles. The molecule has 0 aliphatic carbocycles. The molecule has 0 spiro atoms. The molecule has 0 radical (unpaired) electrons. The van der Waals surface area contributed by atoms with Crippen LogP contribution in [0.2, 0.25) is 0 Å². The number of benzene rings is 1. The predicted molar refractivity (Wildman–Crippen MR) is 85.8 cm³/mol. The first-order valence-corrected chi connectivity index (χ1v) is 8.20. The van der Waals surface area contributed by atoms with Gasteiger partial charge in [0.05, 0.1) is 12.6 Å². The SMILES string of the molecule is CN1CCC[C@@H]1c1nnc2n1CCN(C(=O)c1ccccc1)C2. The number of nitrogens with zero attached hydrogens (tertiary/aromatic N) is 5. The van der Waals surface area contributed by atoms with Gasteiger partial charge in [-0.2, -0.15) is 0 Å². The summed E-state index contributed by atoms with van der Waals surface area (Å²) < 4.78 is 2.21. The molecule has 1 amide bonds. The second kappa shape index (κ2) is 5.77. The average molecular weight is 311 g/mol. The lowest BCUT2D eigenvalue weighted by molar-refractivity contribution is 0.0705. The zero-order valence-corrected chi connectivity index (χ0v) is 13.4. The van der Waals surface area contributed by atoms with Crippen LogP contribution in [0.15, 0.2) is 30.3 Å². The Balaban J connectivity index is 1.55. The molecule has 1 aromatic heterocycles. The number of aromatic nitrogens is 3. The van der Waals surface area contributed by atoms with Crippen LogP contribution in [0.1, 0.15) is 40.9 Å². The largest absolute Gasteiger partial charge is 0.329 e. The Labute approximate surface area is 135 Å².